The summed E-state index contributed by atoms with van der Waals surface area (Å²) in [6, 6.07) is 16.0. The highest BCUT2D eigenvalue weighted by Crippen LogP contribution is 2.24. The Hall–Kier alpha value is -2.38. The van der Waals surface area contributed by atoms with Crippen molar-refractivity contribution in [1.29, 1.82) is 0 Å². The van der Waals surface area contributed by atoms with Crippen LogP contribution in [0.5, 0.6) is 5.75 Å². The molecule has 0 aromatic heterocycles. The Kier molecular flexibility index (Phi) is 6.83. The molecule has 3 rings (SSSR count). The third-order valence-corrected chi connectivity index (χ3v) is 6.85. The fraction of sp³-hybridized carbons (Fsp3) is 0.435. The first-order valence-corrected chi connectivity index (χ1v) is 11.8. The molecule has 0 radical (unpaired) electrons. The fourth-order valence-electron chi connectivity index (χ4n) is 3.42. The summed E-state index contributed by atoms with van der Waals surface area (Å²) in [6.07, 6.45) is 1.10. The third kappa shape index (κ3) is 5.83. The van der Waals surface area contributed by atoms with Gasteiger partial charge in [0, 0.05) is 19.6 Å². The van der Waals surface area contributed by atoms with Gasteiger partial charge in [-0.2, -0.15) is 0 Å². The lowest BCUT2D eigenvalue weighted by Crippen LogP contribution is -2.42. The Balaban J connectivity index is 1.48. The van der Waals surface area contributed by atoms with Crippen LogP contribution in [0.3, 0.4) is 0 Å². The van der Waals surface area contributed by atoms with Crippen LogP contribution in [0.1, 0.15) is 39.2 Å². The van der Waals surface area contributed by atoms with Crippen molar-refractivity contribution >= 4 is 16.1 Å². The van der Waals surface area contributed by atoms with E-state index in [0.29, 0.717) is 25.4 Å². The van der Waals surface area contributed by atoms with Gasteiger partial charge in [-0.15, -0.1) is 0 Å². The molecular weight excluding hydrogens is 400 g/mol. The summed E-state index contributed by atoms with van der Waals surface area (Å²) in [5, 5.41) is 0. The molecule has 0 aliphatic carbocycles. The molecule has 0 unspecified atom stereocenters. The minimum absolute atomic E-state index is 0.0225. The van der Waals surface area contributed by atoms with Crippen LogP contribution in [0, 0.1) is 5.92 Å². The number of ether oxygens (including phenoxy) is 1. The molecule has 1 saturated heterocycles. The number of para-hydroxylation sites is 1. The van der Waals surface area contributed by atoms with Crippen LogP contribution in [0.25, 0.3) is 0 Å². The first kappa shape index (κ1) is 22.3. The van der Waals surface area contributed by atoms with Crippen molar-refractivity contribution in [3.05, 3.63) is 60.2 Å². The number of hydrogen-bond acceptors (Lipinski definition) is 4. The van der Waals surface area contributed by atoms with Crippen LogP contribution in [-0.4, -0.2) is 39.0 Å². The zero-order valence-electron chi connectivity index (χ0n) is 17.8. The summed E-state index contributed by atoms with van der Waals surface area (Å²) >= 11 is 0. The number of rotatable bonds is 5. The van der Waals surface area contributed by atoms with Crippen molar-refractivity contribution in [2.75, 3.05) is 19.6 Å². The van der Waals surface area contributed by atoms with Crippen LogP contribution >= 0.6 is 0 Å². The number of nitrogens with zero attached hydrogens (tertiary/aromatic N) is 1. The van der Waals surface area contributed by atoms with E-state index in [0.717, 1.165) is 18.4 Å². The Morgan fingerprint density at radius 1 is 1.03 bits per heavy atom. The number of hydrogen-bond donors (Lipinski definition) is 1. The van der Waals surface area contributed by atoms with Gasteiger partial charge in [-0.05, 0) is 54.0 Å². The lowest BCUT2D eigenvalue weighted by Gasteiger charge is -2.31. The van der Waals surface area contributed by atoms with Crippen LogP contribution in [0.4, 0.5) is 4.79 Å². The van der Waals surface area contributed by atoms with Crippen molar-refractivity contribution in [2.24, 2.45) is 5.92 Å². The lowest BCUT2D eigenvalue weighted by atomic mass is 9.87. The molecule has 162 valence electrons. The standard InChI is InChI=1S/C23H30N2O4S/c1-23(2,3)19-9-11-21(12-10-19)30(27,28)24-17-18-13-15-25(16-14-18)22(26)29-20-7-5-4-6-8-20/h4-12,18,24H,13-17H2,1-3H3. The smallest absolute Gasteiger partial charge is 0.410 e. The second-order valence-electron chi connectivity index (χ2n) is 8.74. The maximum atomic E-state index is 12.6. The molecule has 2 aromatic rings. The summed E-state index contributed by atoms with van der Waals surface area (Å²) in [6.45, 7) is 7.76. The molecule has 1 fully saturated rings. The SMILES string of the molecule is CC(C)(C)c1ccc(S(=O)(=O)NCC2CCN(C(=O)Oc3ccccc3)CC2)cc1. The predicted octanol–water partition coefficient (Wildman–Crippen LogP) is 4.17. The van der Waals surface area contributed by atoms with Crippen molar-refractivity contribution in [3.8, 4) is 5.75 Å². The fourth-order valence-corrected chi connectivity index (χ4v) is 4.53. The van der Waals surface area contributed by atoms with Gasteiger partial charge in [0.2, 0.25) is 10.0 Å². The van der Waals surface area contributed by atoms with Crippen LogP contribution in [0.2, 0.25) is 0 Å². The van der Waals surface area contributed by atoms with Crippen molar-refractivity contribution in [3.63, 3.8) is 0 Å². The summed E-state index contributed by atoms with van der Waals surface area (Å²) in [4.78, 5) is 14.2. The van der Waals surface area contributed by atoms with E-state index in [9.17, 15) is 13.2 Å². The molecule has 6 nitrogen and oxygen atoms in total. The highest BCUT2D eigenvalue weighted by molar-refractivity contribution is 7.89. The average molecular weight is 431 g/mol. The molecule has 2 aromatic carbocycles. The van der Waals surface area contributed by atoms with Crippen molar-refractivity contribution in [1.82, 2.24) is 9.62 Å². The van der Waals surface area contributed by atoms with E-state index in [1.807, 2.05) is 30.3 Å². The number of nitrogens with one attached hydrogen (secondary N) is 1. The van der Waals surface area contributed by atoms with E-state index in [1.54, 1.807) is 29.2 Å². The van der Waals surface area contributed by atoms with Crippen LogP contribution < -0.4 is 9.46 Å². The van der Waals surface area contributed by atoms with Crippen molar-refractivity contribution in [2.45, 2.75) is 43.9 Å². The first-order valence-electron chi connectivity index (χ1n) is 10.3. The van der Waals surface area contributed by atoms with E-state index in [2.05, 4.69) is 25.5 Å². The minimum atomic E-state index is -3.55. The predicted molar refractivity (Wildman–Crippen MR) is 117 cm³/mol. The third-order valence-electron chi connectivity index (χ3n) is 5.41. The Bertz CT molecular complexity index is 943. The summed E-state index contributed by atoms with van der Waals surface area (Å²) in [7, 11) is -3.55. The van der Waals surface area contributed by atoms with E-state index in [-0.39, 0.29) is 22.3 Å². The topological polar surface area (TPSA) is 75.7 Å². The molecule has 1 amide bonds. The van der Waals surface area contributed by atoms with Gasteiger partial charge >= 0.3 is 6.09 Å². The normalized spacial score (nSPS) is 15.8. The minimum Gasteiger partial charge on any atom is -0.410 e. The maximum absolute atomic E-state index is 12.6. The second kappa shape index (κ2) is 9.18. The van der Waals surface area contributed by atoms with Crippen molar-refractivity contribution < 1.29 is 17.9 Å². The molecular formula is C23H30N2O4S. The Labute approximate surface area is 179 Å². The van der Waals surface area contributed by atoms with Crippen LogP contribution in [-0.2, 0) is 15.4 Å². The lowest BCUT2D eigenvalue weighted by molar-refractivity contribution is 0.131. The molecule has 30 heavy (non-hydrogen) atoms. The highest BCUT2D eigenvalue weighted by atomic mass is 32.2. The number of carbonyl (C=O) groups excluding carboxylic acids is 1. The van der Waals surface area contributed by atoms with Gasteiger partial charge in [0.25, 0.3) is 0 Å². The molecule has 7 heteroatoms. The molecule has 1 aliphatic rings. The van der Waals surface area contributed by atoms with Gasteiger partial charge in [-0.3, -0.25) is 0 Å². The van der Waals surface area contributed by atoms with Crippen LogP contribution in [0.15, 0.2) is 59.5 Å². The van der Waals surface area contributed by atoms with Gasteiger partial charge in [-0.1, -0.05) is 51.1 Å². The van der Waals surface area contributed by atoms with E-state index < -0.39 is 10.0 Å². The number of likely N-dealkylation sites (tertiary alicyclic amines) is 1. The zero-order chi connectivity index (χ0) is 21.8. The molecule has 0 bridgehead atoms. The molecule has 0 saturated carbocycles. The van der Waals surface area contributed by atoms with E-state index in [1.165, 1.54) is 0 Å². The summed E-state index contributed by atoms with van der Waals surface area (Å²) in [5.41, 5.74) is 1.07. The average Bonchev–Trinajstić information content (AvgIpc) is 2.73. The van der Waals surface area contributed by atoms with Gasteiger partial charge in [0.15, 0.2) is 0 Å². The molecule has 0 atom stereocenters. The van der Waals surface area contributed by atoms with Gasteiger partial charge in [0.05, 0.1) is 4.90 Å². The zero-order valence-corrected chi connectivity index (χ0v) is 18.6. The number of benzene rings is 2. The largest absolute Gasteiger partial charge is 0.415 e. The second-order valence-corrected chi connectivity index (χ2v) is 10.5. The van der Waals surface area contributed by atoms with Gasteiger partial charge in [0.1, 0.15) is 5.75 Å². The van der Waals surface area contributed by atoms with Gasteiger partial charge < -0.3 is 9.64 Å². The Morgan fingerprint density at radius 2 is 1.63 bits per heavy atom. The molecule has 1 aliphatic heterocycles. The Morgan fingerprint density at radius 3 is 2.20 bits per heavy atom. The van der Waals surface area contributed by atoms with E-state index >= 15 is 0 Å². The number of carbonyl (C=O) groups is 1. The summed E-state index contributed by atoms with van der Waals surface area (Å²) < 4.78 is 33.3. The number of amides is 1. The monoisotopic (exact) mass is 430 g/mol. The molecule has 1 N–H and O–H groups in total. The molecule has 0 spiro atoms. The number of piperidine rings is 1. The van der Waals surface area contributed by atoms with Gasteiger partial charge in [-0.25, -0.2) is 17.9 Å². The molecule has 1 heterocycles. The number of sulfonamides is 1. The first-order chi connectivity index (χ1) is 14.1. The quantitative estimate of drug-likeness (QED) is 0.772. The maximum Gasteiger partial charge on any atom is 0.415 e. The van der Waals surface area contributed by atoms with E-state index in [4.69, 9.17) is 4.74 Å². The highest BCUT2D eigenvalue weighted by Gasteiger charge is 2.26. The summed E-state index contributed by atoms with van der Waals surface area (Å²) in [5.74, 6) is 0.712.